The molecule has 2 aliphatic heterocycles. The number of hydrogen-bond donors (Lipinski definition) is 0. The smallest absolute Gasteiger partial charge is 0.657 e. The van der Waals surface area contributed by atoms with E-state index in [1.807, 2.05) is 12.1 Å². The molecule has 3 heterocycles. The maximum absolute atomic E-state index is 10.1. The fraction of sp³-hybridized carbons (Fsp3) is 0.319. The van der Waals surface area contributed by atoms with Gasteiger partial charge in [-0.05, 0) is 156 Å². The zero-order valence-electron chi connectivity index (χ0n) is 63.4. The average molecular weight is 1470 g/mol. The Morgan fingerprint density at radius 2 is 0.525 bits per heavy atom. The number of para-hydroxylation sites is 10. The molecule has 0 bridgehead atoms. The summed E-state index contributed by atoms with van der Waals surface area (Å²) in [7, 11) is 4.20. The van der Waals surface area contributed by atoms with Crippen molar-refractivity contribution in [2.75, 3.05) is 19.6 Å². The zero-order chi connectivity index (χ0) is 71.6. The van der Waals surface area contributed by atoms with Crippen molar-refractivity contribution >= 4 is 77.4 Å². The molecule has 1 radical (unpaired) electrons. The molecular weight excluding hydrogens is 1360 g/mol. The molecule has 0 N–H and O–H groups in total. The number of fused-ring (bicyclic) bond motifs is 8. The van der Waals surface area contributed by atoms with Gasteiger partial charge in [0.15, 0.2) is 0 Å². The van der Waals surface area contributed by atoms with Gasteiger partial charge < -0.3 is 29.7 Å². The maximum atomic E-state index is 10.1. The molecule has 1 aromatic heterocycles. The Morgan fingerprint density at radius 3 is 0.752 bits per heavy atom. The summed E-state index contributed by atoms with van der Waals surface area (Å²) in [6.07, 6.45) is 1.10. The first-order valence-electron chi connectivity index (χ1n) is 35.8. The van der Waals surface area contributed by atoms with Crippen LogP contribution in [0.4, 0.5) is 45.5 Å². The monoisotopic (exact) mass is 1470 g/mol. The molecule has 1 aliphatic carbocycles. The minimum absolute atomic E-state index is 0. The molecule has 101 heavy (non-hydrogen) atoms. The van der Waals surface area contributed by atoms with Gasteiger partial charge in [0, 0.05) is 45.5 Å². The molecule has 6 nitrogen and oxygen atoms in total. The molecule has 0 saturated heterocycles. The van der Waals surface area contributed by atoms with Crippen molar-refractivity contribution in [2.24, 2.45) is 0 Å². The van der Waals surface area contributed by atoms with Gasteiger partial charge in [-0.3, -0.25) is 0 Å². The van der Waals surface area contributed by atoms with Crippen molar-refractivity contribution in [2.45, 2.75) is 191 Å². The van der Waals surface area contributed by atoms with Crippen LogP contribution in [0.1, 0.15) is 235 Å². The maximum Gasteiger partial charge on any atom is 2.00 e. The van der Waals surface area contributed by atoms with Crippen LogP contribution in [0.2, 0.25) is 0 Å². The molecule has 530 valence electrons. The summed E-state index contributed by atoms with van der Waals surface area (Å²) < 4.78 is 0. The summed E-state index contributed by atoms with van der Waals surface area (Å²) in [5.41, 5.74) is 28.7. The van der Waals surface area contributed by atoms with Crippen LogP contribution in [0.5, 0.6) is 0 Å². The molecule has 0 spiro atoms. The van der Waals surface area contributed by atoms with Crippen LogP contribution in [0, 0.1) is 13.3 Å². The normalized spacial score (nSPS) is 12.6. The molecule has 0 saturated carbocycles. The van der Waals surface area contributed by atoms with E-state index in [2.05, 4.69) is 380 Å². The number of halogens is 1. The first-order chi connectivity index (χ1) is 47.3. The molecule has 10 aromatic carbocycles. The average Bonchev–Trinajstić information content (AvgIpc) is 1.61. The number of benzene rings is 10. The van der Waals surface area contributed by atoms with Gasteiger partial charge in [-0.25, -0.2) is 0 Å². The Balaban J connectivity index is 0.000000194. The molecule has 0 atom stereocenters. The van der Waals surface area contributed by atoms with Crippen molar-refractivity contribution in [3.8, 4) is 11.1 Å². The molecule has 14 rings (SSSR count). The fourth-order valence-electron chi connectivity index (χ4n) is 13.9. The summed E-state index contributed by atoms with van der Waals surface area (Å²) in [6, 6.07) is 78.8. The third kappa shape index (κ3) is 18.9. The largest absolute Gasteiger partial charge is 2.00 e. The van der Waals surface area contributed by atoms with Crippen LogP contribution < -0.4 is 59.2 Å². The van der Waals surface area contributed by atoms with E-state index in [4.69, 9.17) is 0 Å². The minimum Gasteiger partial charge on any atom is -0.657 e. The van der Waals surface area contributed by atoms with Crippen molar-refractivity contribution in [3.63, 3.8) is 0 Å². The summed E-state index contributed by atoms with van der Waals surface area (Å²) in [5.74, 6) is 3.57. The Hall–Kier alpha value is -6.51. The SMILES string of the molecule is CC(C)(C)[O-].CC(C)c1cccc(C(C)C)c1N1[CH-]N(c2c(C(C)C)cccc2C(C)C)c2ccccc21.CC(C)c1cccc(C(C)C)c1N1[CH-]N(c2c(C(C)C)cccc2C(C)C)c2ccccc21.[Cl][Cu+].[Cu+2].[Na+].c1ccc2c(c1)Cc1ccccc1-2.c1ccc2c(c1)[n-]c1ccccc12. The van der Waals surface area contributed by atoms with Crippen LogP contribution in [0.15, 0.2) is 218 Å². The van der Waals surface area contributed by atoms with E-state index in [-0.39, 0.29) is 46.6 Å². The van der Waals surface area contributed by atoms with Crippen molar-refractivity contribution < 1.29 is 66.8 Å². The number of nitrogens with zero attached hydrogens (tertiary/aromatic N) is 5. The number of aromatic nitrogens is 1. The Morgan fingerprint density at radius 1 is 0.327 bits per heavy atom. The third-order valence-electron chi connectivity index (χ3n) is 18.6. The number of anilines is 8. The van der Waals surface area contributed by atoms with Gasteiger partial charge in [0.2, 0.25) is 0 Å². The van der Waals surface area contributed by atoms with Crippen molar-refractivity contribution in [1.29, 1.82) is 0 Å². The van der Waals surface area contributed by atoms with Crippen LogP contribution in [-0.2, 0) is 38.6 Å². The number of hydrogen-bond acceptors (Lipinski definition) is 5. The molecule has 0 unspecified atom stereocenters. The van der Waals surface area contributed by atoms with Gasteiger partial charge in [-0.15, -0.1) is 30.0 Å². The van der Waals surface area contributed by atoms with Gasteiger partial charge in [-0.2, -0.15) is 0 Å². The van der Waals surface area contributed by atoms with Crippen LogP contribution in [0.3, 0.4) is 0 Å². The molecule has 0 amide bonds. The standard InChI is InChI=1S/2C31H39N2.C13H10.C12H8N.C4H9O.ClH.2Cu.Na/c2*1-20(2)24-13-11-14-25(21(3)4)30(24)32-19-33(29-18-10-9-17-28(29)32)31-26(22(5)6)15-12-16-27(31)23(7)8;1-3-7-12-10(5-1)9-11-6-2-4-8-13(11)12;1-3-7-11-9(5-1)10-6-2-4-8-12(10)13-11;1-4(2,3)5;;;;/h2*9-23H,1-8H3;1-8H,9H2;1-8H;1-3H3;1H;;;/q2*-1;;2*-1;;2*+2;+1/p-1. The van der Waals surface area contributed by atoms with Gasteiger partial charge in [-0.1, -0.05) is 326 Å². The predicted molar refractivity (Wildman–Crippen MR) is 424 cm³/mol. The first kappa shape index (κ1) is 81.8. The topological polar surface area (TPSA) is 50.1 Å². The van der Waals surface area contributed by atoms with E-state index in [1.165, 1.54) is 123 Å². The first-order valence-corrected chi connectivity index (χ1v) is 37.1. The van der Waals surface area contributed by atoms with Gasteiger partial charge in [0.25, 0.3) is 0 Å². The minimum atomic E-state index is -0.750. The second-order valence-electron chi connectivity index (χ2n) is 29.8. The summed E-state index contributed by atoms with van der Waals surface area (Å²) >= 11 is 3.66. The Bertz CT molecular complexity index is 3920. The van der Waals surface area contributed by atoms with Crippen LogP contribution >= 0.6 is 10.1 Å². The third-order valence-corrected chi connectivity index (χ3v) is 18.6. The van der Waals surface area contributed by atoms with Gasteiger partial charge >= 0.3 is 71.8 Å². The molecular formula is C91H105ClCu2N5NaO. The van der Waals surface area contributed by atoms with E-state index in [0.717, 1.165) is 17.5 Å². The quantitative estimate of drug-likeness (QED) is 0.0897. The molecule has 11 aromatic rings. The summed E-state index contributed by atoms with van der Waals surface area (Å²) in [4.78, 5) is 14.3. The van der Waals surface area contributed by atoms with Crippen molar-refractivity contribution in [1.82, 2.24) is 4.98 Å². The summed E-state index contributed by atoms with van der Waals surface area (Å²) in [5, 5.41) is 12.6. The molecule has 3 aliphatic rings. The van der Waals surface area contributed by atoms with Gasteiger partial charge in [0.05, 0.1) is 0 Å². The Labute approximate surface area is 652 Å². The fourth-order valence-corrected chi connectivity index (χ4v) is 13.9. The summed E-state index contributed by atoms with van der Waals surface area (Å²) in [6.45, 7) is 46.4. The van der Waals surface area contributed by atoms with E-state index in [1.54, 1.807) is 20.8 Å². The van der Waals surface area contributed by atoms with E-state index in [9.17, 15) is 5.11 Å². The molecule has 10 heteroatoms. The van der Waals surface area contributed by atoms with E-state index < -0.39 is 5.60 Å². The molecule has 0 fully saturated rings. The second-order valence-corrected chi connectivity index (χ2v) is 29.8. The van der Waals surface area contributed by atoms with Crippen molar-refractivity contribution in [3.05, 3.63) is 287 Å². The zero-order valence-corrected chi connectivity index (χ0v) is 68.0. The van der Waals surface area contributed by atoms with E-state index in [0.29, 0.717) is 47.3 Å². The number of rotatable bonds is 12. The van der Waals surface area contributed by atoms with Crippen LogP contribution in [0.25, 0.3) is 32.9 Å². The van der Waals surface area contributed by atoms with Gasteiger partial charge in [0.1, 0.15) is 0 Å². The predicted octanol–water partition coefficient (Wildman–Crippen LogP) is 23.2. The Kier molecular flexibility index (Phi) is 29.8. The van der Waals surface area contributed by atoms with E-state index >= 15 is 0 Å². The van der Waals surface area contributed by atoms with Crippen LogP contribution in [-0.4, -0.2) is 5.60 Å². The second kappa shape index (κ2) is 36.8.